The first-order chi connectivity index (χ1) is 7.68. The van der Waals surface area contributed by atoms with E-state index in [1.165, 1.54) is 24.4 Å². The second-order valence-electron chi connectivity index (χ2n) is 3.29. The Kier molecular flexibility index (Phi) is 2.72. The largest absolute Gasteiger partial charge is 0.508 e. The van der Waals surface area contributed by atoms with E-state index in [2.05, 4.69) is 4.98 Å². The molecule has 0 unspecified atom stereocenters. The van der Waals surface area contributed by atoms with Crippen molar-refractivity contribution in [3.05, 3.63) is 47.9 Å². The van der Waals surface area contributed by atoms with Crippen molar-refractivity contribution in [2.75, 3.05) is 0 Å². The van der Waals surface area contributed by atoms with E-state index in [0.717, 1.165) is 0 Å². The Hall–Kier alpha value is -2.10. The van der Waals surface area contributed by atoms with Crippen molar-refractivity contribution in [1.82, 2.24) is 4.98 Å². The van der Waals surface area contributed by atoms with Gasteiger partial charge in [0.1, 0.15) is 11.5 Å². The molecule has 1 heterocycles. The number of halogens is 1. The van der Waals surface area contributed by atoms with Crippen molar-refractivity contribution >= 4 is 0 Å². The minimum atomic E-state index is -0.537. The Balaban J connectivity index is 2.35. The van der Waals surface area contributed by atoms with Crippen molar-refractivity contribution in [2.24, 2.45) is 0 Å². The van der Waals surface area contributed by atoms with E-state index in [4.69, 9.17) is 4.74 Å². The Morgan fingerprint density at radius 2 is 2.06 bits per heavy atom. The molecule has 0 bridgehead atoms. The number of phenolic OH excluding ortho intramolecular Hbond substituents is 1. The van der Waals surface area contributed by atoms with Crippen molar-refractivity contribution in [1.29, 1.82) is 0 Å². The van der Waals surface area contributed by atoms with Gasteiger partial charge in [-0.25, -0.2) is 9.37 Å². The van der Waals surface area contributed by atoms with Crippen LogP contribution in [0.15, 0.2) is 36.5 Å². The van der Waals surface area contributed by atoms with Crippen molar-refractivity contribution < 1.29 is 14.2 Å². The van der Waals surface area contributed by atoms with E-state index in [1.807, 2.05) is 0 Å². The molecule has 2 aromatic rings. The quantitative estimate of drug-likeness (QED) is 0.844. The van der Waals surface area contributed by atoms with Gasteiger partial charge in [-0.15, -0.1) is 0 Å². The van der Waals surface area contributed by atoms with E-state index in [0.29, 0.717) is 11.3 Å². The molecule has 82 valence electrons. The highest BCUT2D eigenvalue weighted by molar-refractivity contribution is 5.44. The van der Waals surface area contributed by atoms with Crippen molar-refractivity contribution in [3.63, 3.8) is 0 Å². The predicted molar refractivity (Wildman–Crippen MR) is 57.1 cm³/mol. The SMILES string of the molecule is Cc1c(O)cccc1Oc1ncccc1F. The number of hydrogen-bond acceptors (Lipinski definition) is 3. The van der Waals surface area contributed by atoms with Gasteiger partial charge in [-0.05, 0) is 31.2 Å². The monoisotopic (exact) mass is 219 g/mol. The number of rotatable bonds is 2. The molecule has 1 aromatic carbocycles. The summed E-state index contributed by atoms with van der Waals surface area (Å²) in [6.07, 6.45) is 1.44. The summed E-state index contributed by atoms with van der Waals surface area (Å²) in [4.78, 5) is 3.77. The summed E-state index contributed by atoms with van der Waals surface area (Å²) < 4.78 is 18.5. The van der Waals surface area contributed by atoms with Crippen LogP contribution in [0.3, 0.4) is 0 Å². The van der Waals surface area contributed by atoms with Gasteiger partial charge in [-0.3, -0.25) is 0 Å². The van der Waals surface area contributed by atoms with Gasteiger partial charge in [0.25, 0.3) is 5.88 Å². The summed E-state index contributed by atoms with van der Waals surface area (Å²) in [7, 11) is 0. The van der Waals surface area contributed by atoms with E-state index in [-0.39, 0.29) is 11.6 Å². The van der Waals surface area contributed by atoms with Gasteiger partial charge in [0, 0.05) is 11.8 Å². The molecule has 1 aromatic heterocycles. The number of pyridine rings is 1. The highest BCUT2D eigenvalue weighted by atomic mass is 19.1. The van der Waals surface area contributed by atoms with Crippen LogP contribution in [0.1, 0.15) is 5.56 Å². The number of aromatic hydroxyl groups is 1. The van der Waals surface area contributed by atoms with Gasteiger partial charge in [-0.2, -0.15) is 0 Å². The predicted octanol–water partition coefficient (Wildman–Crippen LogP) is 3.03. The van der Waals surface area contributed by atoms with E-state index < -0.39 is 5.82 Å². The van der Waals surface area contributed by atoms with Crippen LogP contribution in [0.25, 0.3) is 0 Å². The lowest BCUT2D eigenvalue weighted by Crippen LogP contribution is -1.93. The van der Waals surface area contributed by atoms with E-state index >= 15 is 0 Å². The fourth-order valence-electron chi connectivity index (χ4n) is 1.26. The van der Waals surface area contributed by atoms with E-state index in [9.17, 15) is 9.50 Å². The Labute approximate surface area is 92.1 Å². The van der Waals surface area contributed by atoms with Crippen LogP contribution in [-0.4, -0.2) is 10.1 Å². The average molecular weight is 219 g/mol. The number of benzene rings is 1. The van der Waals surface area contributed by atoms with E-state index in [1.54, 1.807) is 19.1 Å². The van der Waals surface area contributed by atoms with Gasteiger partial charge < -0.3 is 9.84 Å². The first-order valence-corrected chi connectivity index (χ1v) is 4.75. The summed E-state index contributed by atoms with van der Waals surface area (Å²) in [6.45, 7) is 1.69. The third kappa shape index (κ3) is 1.95. The molecule has 1 N–H and O–H groups in total. The van der Waals surface area contributed by atoms with Crippen molar-refractivity contribution in [3.8, 4) is 17.4 Å². The first-order valence-electron chi connectivity index (χ1n) is 4.75. The minimum Gasteiger partial charge on any atom is -0.508 e. The topological polar surface area (TPSA) is 42.4 Å². The minimum absolute atomic E-state index is 0.101. The Bertz CT molecular complexity index is 514. The molecule has 2 rings (SSSR count). The number of hydrogen-bond donors (Lipinski definition) is 1. The summed E-state index contributed by atoms with van der Waals surface area (Å²) in [6, 6.07) is 7.55. The van der Waals surface area contributed by atoms with Gasteiger partial charge >= 0.3 is 0 Å². The molecule has 0 aliphatic rings. The van der Waals surface area contributed by atoms with Gasteiger partial charge in [0.2, 0.25) is 0 Å². The molecule has 0 radical (unpaired) electrons. The first kappa shape index (κ1) is 10.4. The summed E-state index contributed by atoms with van der Waals surface area (Å²) in [5.74, 6) is -0.145. The highest BCUT2D eigenvalue weighted by Gasteiger charge is 2.08. The molecule has 0 saturated carbocycles. The fourth-order valence-corrected chi connectivity index (χ4v) is 1.26. The molecule has 0 fully saturated rings. The standard InChI is InChI=1S/C12H10FNO2/c1-8-10(15)5-2-6-11(8)16-12-9(13)4-3-7-14-12/h2-7,15H,1H3. The zero-order chi connectivity index (χ0) is 11.5. The summed E-state index contributed by atoms with van der Waals surface area (Å²) in [5.41, 5.74) is 0.549. The lowest BCUT2D eigenvalue weighted by Gasteiger charge is -2.08. The molecular weight excluding hydrogens is 209 g/mol. The third-order valence-electron chi connectivity index (χ3n) is 2.19. The maximum atomic E-state index is 13.3. The lowest BCUT2D eigenvalue weighted by atomic mass is 10.2. The highest BCUT2D eigenvalue weighted by Crippen LogP contribution is 2.30. The molecule has 0 spiro atoms. The summed E-state index contributed by atoms with van der Waals surface area (Å²) >= 11 is 0. The lowest BCUT2D eigenvalue weighted by molar-refractivity contribution is 0.412. The molecule has 4 heteroatoms. The van der Waals surface area contributed by atoms with Gasteiger partial charge in [-0.1, -0.05) is 6.07 Å². The van der Waals surface area contributed by atoms with Crippen molar-refractivity contribution in [2.45, 2.75) is 6.92 Å². The molecular formula is C12H10FNO2. The normalized spacial score (nSPS) is 10.1. The molecule has 0 amide bonds. The molecule has 16 heavy (non-hydrogen) atoms. The second kappa shape index (κ2) is 4.18. The van der Waals surface area contributed by atoms with Gasteiger partial charge in [0.15, 0.2) is 5.82 Å². The molecule has 3 nitrogen and oxygen atoms in total. The number of phenols is 1. The van der Waals surface area contributed by atoms with Crippen LogP contribution in [0.2, 0.25) is 0 Å². The molecule has 0 saturated heterocycles. The molecule has 0 aliphatic carbocycles. The van der Waals surface area contributed by atoms with Crippen LogP contribution >= 0.6 is 0 Å². The average Bonchev–Trinajstić information content (AvgIpc) is 2.28. The smallest absolute Gasteiger partial charge is 0.255 e. The van der Waals surface area contributed by atoms with Crippen LogP contribution < -0.4 is 4.74 Å². The second-order valence-corrected chi connectivity index (χ2v) is 3.29. The van der Waals surface area contributed by atoms with Crippen LogP contribution in [0, 0.1) is 12.7 Å². The number of aromatic nitrogens is 1. The fraction of sp³-hybridized carbons (Fsp3) is 0.0833. The van der Waals surface area contributed by atoms with Crippen LogP contribution in [0.4, 0.5) is 4.39 Å². The maximum Gasteiger partial charge on any atom is 0.255 e. The molecule has 0 aliphatic heterocycles. The third-order valence-corrected chi connectivity index (χ3v) is 2.19. The van der Waals surface area contributed by atoms with Crippen LogP contribution in [-0.2, 0) is 0 Å². The van der Waals surface area contributed by atoms with Crippen LogP contribution in [0.5, 0.6) is 17.4 Å². The van der Waals surface area contributed by atoms with Gasteiger partial charge in [0.05, 0.1) is 0 Å². The Morgan fingerprint density at radius 1 is 1.25 bits per heavy atom. The summed E-state index contributed by atoms with van der Waals surface area (Å²) in [5, 5.41) is 9.45. The maximum absolute atomic E-state index is 13.3. The number of ether oxygens (including phenoxy) is 1. The zero-order valence-electron chi connectivity index (χ0n) is 8.64. The zero-order valence-corrected chi connectivity index (χ0v) is 8.64. The molecule has 0 atom stereocenters. The number of nitrogens with zero attached hydrogens (tertiary/aromatic N) is 1. The Morgan fingerprint density at radius 3 is 2.81 bits per heavy atom.